The zero-order chi connectivity index (χ0) is 27.2. The van der Waals surface area contributed by atoms with Crippen LogP contribution in [0.15, 0.2) is 90.1 Å². The zero-order valence-electron chi connectivity index (χ0n) is 21.6. The predicted molar refractivity (Wildman–Crippen MR) is 149 cm³/mol. The fraction of sp³-hybridized carbons (Fsp3) is 0.167. The van der Waals surface area contributed by atoms with Crippen molar-refractivity contribution in [2.45, 2.75) is 20.3 Å². The fourth-order valence-corrected chi connectivity index (χ4v) is 4.25. The minimum absolute atomic E-state index is 0.292. The second-order valence-electron chi connectivity index (χ2n) is 8.65. The van der Waals surface area contributed by atoms with Crippen LogP contribution in [0.4, 0.5) is 5.69 Å². The number of hydrogen-bond donors (Lipinski definition) is 1. The van der Waals surface area contributed by atoms with Crippen molar-refractivity contribution in [2.24, 2.45) is 0 Å². The topological polar surface area (TPSA) is 108 Å². The number of nitrogens with zero attached hydrogens (tertiary/aromatic N) is 4. The molecule has 9 heteroatoms. The molecule has 0 aliphatic carbocycles. The van der Waals surface area contributed by atoms with Gasteiger partial charge in [-0.2, -0.15) is 0 Å². The Morgan fingerprint density at radius 1 is 0.923 bits per heavy atom. The van der Waals surface area contributed by atoms with Crippen molar-refractivity contribution in [3.8, 4) is 17.2 Å². The number of nitrogens with one attached hydrogen (secondary N) is 1. The van der Waals surface area contributed by atoms with Crippen molar-refractivity contribution in [1.29, 1.82) is 0 Å². The van der Waals surface area contributed by atoms with Crippen molar-refractivity contribution in [1.82, 2.24) is 19.5 Å². The third-order valence-corrected chi connectivity index (χ3v) is 5.90. The van der Waals surface area contributed by atoms with E-state index >= 15 is 0 Å². The predicted octanol–water partition coefficient (Wildman–Crippen LogP) is 4.82. The monoisotopic (exact) mass is 521 g/mol. The highest BCUT2D eigenvalue weighted by molar-refractivity contribution is 6.05. The van der Waals surface area contributed by atoms with E-state index in [4.69, 9.17) is 9.47 Å². The standard InChI is InChI=1S/C30H27N5O4/c1-3-38-24-15-21(16-25(18-24)39-4-2)29(36)33-22-9-5-10-23(17-22)35-28-26(11-7-13-32-28)34-27(30(35)37)14-20-8-6-12-31-19-20/h5-13,15-19H,3-4,14H2,1-2H3,(H,33,36). The van der Waals surface area contributed by atoms with Gasteiger partial charge in [0.25, 0.3) is 11.5 Å². The van der Waals surface area contributed by atoms with E-state index in [1.807, 2.05) is 32.0 Å². The molecule has 1 N–H and O–H groups in total. The fourth-order valence-electron chi connectivity index (χ4n) is 4.25. The molecule has 9 nitrogen and oxygen atoms in total. The first-order valence-electron chi connectivity index (χ1n) is 12.6. The molecule has 0 bridgehead atoms. The summed E-state index contributed by atoms with van der Waals surface area (Å²) in [5.41, 5.74) is 3.41. The van der Waals surface area contributed by atoms with Crippen LogP contribution in [0.3, 0.4) is 0 Å². The SMILES string of the molecule is CCOc1cc(OCC)cc(C(=O)Nc2cccc(-n3c(=O)c(Cc4cccnc4)nc4cccnc43)c2)c1. The summed E-state index contributed by atoms with van der Waals surface area (Å²) in [4.78, 5) is 40.0. The summed E-state index contributed by atoms with van der Waals surface area (Å²) >= 11 is 0. The minimum Gasteiger partial charge on any atom is -0.494 e. The number of anilines is 1. The third-order valence-electron chi connectivity index (χ3n) is 5.90. The summed E-state index contributed by atoms with van der Waals surface area (Å²) in [5.74, 6) is 0.755. The number of amides is 1. The van der Waals surface area contributed by atoms with E-state index in [1.54, 1.807) is 67.1 Å². The van der Waals surface area contributed by atoms with Crippen LogP contribution in [0.5, 0.6) is 11.5 Å². The number of ether oxygens (including phenoxy) is 2. The highest BCUT2D eigenvalue weighted by atomic mass is 16.5. The van der Waals surface area contributed by atoms with Gasteiger partial charge in [0.2, 0.25) is 0 Å². The lowest BCUT2D eigenvalue weighted by atomic mass is 10.1. The third kappa shape index (κ3) is 5.77. The quantitative estimate of drug-likeness (QED) is 0.296. The van der Waals surface area contributed by atoms with Gasteiger partial charge in [0, 0.05) is 42.3 Å². The Morgan fingerprint density at radius 3 is 2.41 bits per heavy atom. The van der Waals surface area contributed by atoms with E-state index in [-0.39, 0.29) is 11.5 Å². The molecule has 0 saturated carbocycles. The van der Waals surface area contributed by atoms with E-state index in [0.29, 0.717) is 64.9 Å². The van der Waals surface area contributed by atoms with Crippen LogP contribution in [-0.4, -0.2) is 38.6 Å². The molecule has 196 valence electrons. The van der Waals surface area contributed by atoms with Crippen molar-refractivity contribution in [3.05, 3.63) is 112 Å². The maximum Gasteiger partial charge on any atom is 0.278 e. The Bertz CT molecular complexity index is 1660. The minimum atomic E-state index is -0.336. The van der Waals surface area contributed by atoms with Gasteiger partial charge in [-0.1, -0.05) is 12.1 Å². The van der Waals surface area contributed by atoms with Gasteiger partial charge in [-0.25, -0.2) is 9.97 Å². The van der Waals surface area contributed by atoms with Gasteiger partial charge < -0.3 is 14.8 Å². The molecular formula is C30H27N5O4. The molecule has 0 saturated heterocycles. The van der Waals surface area contributed by atoms with Gasteiger partial charge in [-0.3, -0.25) is 19.1 Å². The van der Waals surface area contributed by atoms with E-state index in [1.165, 1.54) is 4.57 Å². The molecule has 5 aromatic rings. The molecule has 1 amide bonds. The summed E-state index contributed by atoms with van der Waals surface area (Å²) in [6.45, 7) is 4.68. The number of rotatable bonds is 9. The van der Waals surface area contributed by atoms with E-state index in [2.05, 4.69) is 20.3 Å². The zero-order valence-corrected chi connectivity index (χ0v) is 21.6. The lowest BCUT2D eigenvalue weighted by Gasteiger charge is -2.14. The Balaban J connectivity index is 1.51. The molecule has 5 rings (SSSR count). The maximum atomic E-state index is 13.7. The Morgan fingerprint density at radius 2 is 1.69 bits per heavy atom. The molecule has 2 aromatic carbocycles. The second-order valence-corrected chi connectivity index (χ2v) is 8.65. The molecule has 0 aliphatic rings. The molecular weight excluding hydrogens is 494 g/mol. The molecule has 3 aromatic heterocycles. The van der Waals surface area contributed by atoms with Gasteiger partial charge in [-0.15, -0.1) is 0 Å². The summed E-state index contributed by atoms with van der Waals surface area (Å²) in [5, 5.41) is 2.92. The molecule has 0 aliphatic heterocycles. The van der Waals surface area contributed by atoms with Crippen LogP contribution in [0.2, 0.25) is 0 Å². The second kappa shape index (κ2) is 11.6. The number of carbonyl (C=O) groups excluding carboxylic acids is 1. The van der Waals surface area contributed by atoms with Gasteiger partial charge in [0.15, 0.2) is 5.65 Å². The van der Waals surface area contributed by atoms with Crippen LogP contribution in [0.25, 0.3) is 16.9 Å². The van der Waals surface area contributed by atoms with Crippen molar-refractivity contribution in [2.75, 3.05) is 18.5 Å². The van der Waals surface area contributed by atoms with Crippen LogP contribution in [0, 0.1) is 0 Å². The number of pyridine rings is 2. The average molecular weight is 522 g/mol. The van der Waals surface area contributed by atoms with Crippen LogP contribution in [-0.2, 0) is 6.42 Å². The van der Waals surface area contributed by atoms with Crippen LogP contribution < -0.4 is 20.3 Å². The lowest BCUT2D eigenvalue weighted by Crippen LogP contribution is -2.25. The molecule has 3 heterocycles. The number of hydrogen-bond acceptors (Lipinski definition) is 7. The van der Waals surface area contributed by atoms with Gasteiger partial charge in [-0.05, 0) is 67.9 Å². The first kappa shape index (κ1) is 25.6. The highest BCUT2D eigenvalue weighted by Gasteiger charge is 2.16. The normalized spacial score (nSPS) is 10.8. The van der Waals surface area contributed by atoms with Gasteiger partial charge in [0.1, 0.15) is 22.7 Å². The van der Waals surface area contributed by atoms with Crippen molar-refractivity contribution in [3.63, 3.8) is 0 Å². The molecule has 39 heavy (non-hydrogen) atoms. The van der Waals surface area contributed by atoms with Crippen LogP contribution >= 0.6 is 0 Å². The van der Waals surface area contributed by atoms with Crippen LogP contribution in [0.1, 0.15) is 35.5 Å². The summed E-state index contributed by atoms with van der Waals surface area (Å²) in [6.07, 6.45) is 5.34. The summed E-state index contributed by atoms with van der Waals surface area (Å²) in [6, 6.07) is 19.5. The summed E-state index contributed by atoms with van der Waals surface area (Å²) < 4.78 is 12.7. The largest absolute Gasteiger partial charge is 0.494 e. The smallest absolute Gasteiger partial charge is 0.278 e. The Hall–Kier alpha value is -5.05. The lowest BCUT2D eigenvalue weighted by molar-refractivity contribution is 0.102. The average Bonchev–Trinajstić information content (AvgIpc) is 2.94. The molecule has 0 unspecified atom stereocenters. The Labute approximate surface area is 225 Å². The molecule has 0 spiro atoms. The number of aromatic nitrogens is 4. The number of benzene rings is 2. The van der Waals surface area contributed by atoms with E-state index in [0.717, 1.165) is 5.56 Å². The Kier molecular flexibility index (Phi) is 7.58. The number of carbonyl (C=O) groups is 1. The van der Waals surface area contributed by atoms with E-state index in [9.17, 15) is 9.59 Å². The molecule has 0 atom stereocenters. The first-order chi connectivity index (χ1) is 19.1. The van der Waals surface area contributed by atoms with Gasteiger partial charge >= 0.3 is 0 Å². The molecule has 0 fully saturated rings. The molecule has 0 radical (unpaired) electrons. The summed E-state index contributed by atoms with van der Waals surface area (Å²) in [7, 11) is 0. The van der Waals surface area contributed by atoms with E-state index < -0.39 is 0 Å². The van der Waals surface area contributed by atoms with Crippen molar-refractivity contribution >= 4 is 22.8 Å². The van der Waals surface area contributed by atoms with Gasteiger partial charge in [0.05, 0.1) is 18.9 Å². The highest BCUT2D eigenvalue weighted by Crippen LogP contribution is 2.25. The number of fused-ring (bicyclic) bond motifs is 1. The van der Waals surface area contributed by atoms with Crippen molar-refractivity contribution < 1.29 is 14.3 Å². The first-order valence-corrected chi connectivity index (χ1v) is 12.6. The maximum absolute atomic E-state index is 13.7.